The van der Waals surface area contributed by atoms with Gasteiger partial charge in [0, 0.05) is 39.3 Å². The summed E-state index contributed by atoms with van der Waals surface area (Å²) in [5, 5.41) is 6.00. The number of nitrogens with one attached hydrogen (secondary N) is 1. The molecule has 2 heterocycles. The molecule has 0 bridgehead atoms. The average molecular weight is 419 g/mol. The van der Waals surface area contributed by atoms with Gasteiger partial charge in [0.25, 0.3) is 5.91 Å². The number of carbonyl (C=O) groups is 1. The topological polar surface area (TPSA) is 64.1 Å². The first kappa shape index (κ1) is 19.7. The molecule has 5 aromatic rings. The van der Waals surface area contributed by atoms with E-state index < -0.39 is 0 Å². The van der Waals surface area contributed by atoms with Gasteiger partial charge in [-0.3, -0.25) is 14.8 Å². The normalized spacial score (nSPS) is 10.9. The fourth-order valence-corrected chi connectivity index (χ4v) is 3.68. The lowest BCUT2D eigenvalue weighted by Crippen LogP contribution is -2.12. The molecule has 0 atom stereocenters. The van der Waals surface area contributed by atoms with Gasteiger partial charge in [-0.15, -0.1) is 0 Å². The zero-order chi connectivity index (χ0) is 21.9. The number of carbonyl (C=O) groups excluding carboxylic acids is 1. The zero-order valence-electron chi connectivity index (χ0n) is 17.6. The number of aryl methyl sites for hydroxylation is 1. The molecule has 5 nitrogen and oxygen atoms in total. The highest BCUT2D eigenvalue weighted by Crippen LogP contribution is 2.25. The number of rotatable bonds is 5. The summed E-state index contributed by atoms with van der Waals surface area (Å²) >= 11 is 0. The number of anilines is 1. The van der Waals surface area contributed by atoms with Crippen LogP contribution >= 0.6 is 0 Å². The number of nitrogens with zero attached hydrogens (tertiary/aromatic N) is 2. The van der Waals surface area contributed by atoms with Crippen molar-refractivity contribution < 1.29 is 9.53 Å². The smallest absolute Gasteiger partial charge is 0.255 e. The number of hydrogen-bond acceptors (Lipinski definition) is 4. The van der Waals surface area contributed by atoms with Gasteiger partial charge in [-0.05, 0) is 48.9 Å². The first-order valence-electron chi connectivity index (χ1n) is 10.4. The minimum atomic E-state index is -0.168. The van der Waals surface area contributed by atoms with Crippen molar-refractivity contribution in [2.75, 3.05) is 5.32 Å². The van der Waals surface area contributed by atoms with E-state index in [0.717, 1.165) is 44.4 Å². The second-order valence-corrected chi connectivity index (χ2v) is 7.66. The molecule has 0 fully saturated rings. The van der Waals surface area contributed by atoms with E-state index in [1.165, 1.54) is 0 Å². The van der Waals surface area contributed by atoms with Gasteiger partial charge in [-0.2, -0.15) is 0 Å². The van der Waals surface area contributed by atoms with Crippen molar-refractivity contribution in [3.8, 4) is 5.75 Å². The van der Waals surface area contributed by atoms with E-state index in [0.29, 0.717) is 12.2 Å². The summed E-state index contributed by atoms with van der Waals surface area (Å²) < 4.78 is 6.02. The molecule has 156 valence electrons. The van der Waals surface area contributed by atoms with Gasteiger partial charge in [-0.25, -0.2) is 0 Å². The summed E-state index contributed by atoms with van der Waals surface area (Å²) in [4.78, 5) is 21.6. The van der Waals surface area contributed by atoms with Gasteiger partial charge in [0.05, 0.1) is 11.7 Å². The van der Waals surface area contributed by atoms with Crippen LogP contribution in [-0.2, 0) is 6.61 Å². The quantitative estimate of drug-likeness (QED) is 0.384. The number of ether oxygens (including phenoxy) is 1. The van der Waals surface area contributed by atoms with Crippen LogP contribution < -0.4 is 10.1 Å². The van der Waals surface area contributed by atoms with Crippen molar-refractivity contribution >= 4 is 33.3 Å². The van der Waals surface area contributed by atoms with E-state index in [2.05, 4.69) is 15.3 Å². The Morgan fingerprint density at radius 1 is 0.906 bits per heavy atom. The number of aromatic nitrogens is 2. The predicted octanol–water partition coefficient (Wildman–Crippen LogP) is 5.92. The minimum Gasteiger partial charge on any atom is -0.487 e. The van der Waals surface area contributed by atoms with Crippen LogP contribution in [0.15, 0.2) is 91.3 Å². The third kappa shape index (κ3) is 4.14. The lowest BCUT2D eigenvalue weighted by Gasteiger charge is -2.10. The fraction of sp³-hybridized carbons (Fsp3) is 0.0741. The van der Waals surface area contributed by atoms with Crippen molar-refractivity contribution in [2.24, 2.45) is 0 Å². The van der Waals surface area contributed by atoms with E-state index in [4.69, 9.17) is 4.74 Å². The highest BCUT2D eigenvalue weighted by atomic mass is 16.5. The molecule has 5 rings (SSSR count). The van der Waals surface area contributed by atoms with Crippen LogP contribution in [0.4, 0.5) is 5.69 Å². The van der Waals surface area contributed by atoms with Gasteiger partial charge < -0.3 is 10.1 Å². The molecule has 0 radical (unpaired) electrons. The van der Waals surface area contributed by atoms with Gasteiger partial charge >= 0.3 is 0 Å². The summed E-state index contributed by atoms with van der Waals surface area (Å²) in [6.07, 6.45) is 3.53. The summed E-state index contributed by atoms with van der Waals surface area (Å²) in [5.74, 6) is 0.552. The number of pyridine rings is 2. The molecule has 0 saturated heterocycles. The van der Waals surface area contributed by atoms with Crippen molar-refractivity contribution in [2.45, 2.75) is 13.5 Å². The first-order valence-corrected chi connectivity index (χ1v) is 10.4. The molecule has 0 unspecified atom stereocenters. The zero-order valence-corrected chi connectivity index (χ0v) is 17.6. The molecule has 0 saturated carbocycles. The van der Waals surface area contributed by atoms with Crippen LogP contribution in [0.3, 0.4) is 0 Å². The maximum atomic E-state index is 12.8. The van der Waals surface area contributed by atoms with Crippen LogP contribution in [-0.4, -0.2) is 15.9 Å². The minimum absolute atomic E-state index is 0.168. The Balaban J connectivity index is 1.31. The highest BCUT2D eigenvalue weighted by molar-refractivity contribution is 6.05. The Hall–Kier alpha value is -4.25. The van der Waals surface area contributed by atoms with Crippen LogP contribution in [0.1, 0.15) is 21.6 Å². The van der Waals surface area contributed by atoms with Crippen LogP contribution in [0.25, 0.3) is 21.7 Å². The van der Waals surface area contributed by atoms with Crippen molar-refractivity contribution in [3.05, 3.63) is 108 Å². The molecule has 0 spiro atoms. The van der Waals surface area contributed by atoms with E-state index in [1.807, 2.05) is 85.9 Å². The summed E-state index contributed by atoms with van der Waals surface area (Å²) in [7, 11) is 0. The van der Waals surface area contributed by atoms with Gasteiger partial charge in [0.15, 0.2) is 0 Å². The molecule has 32 heavy (non-hydrogen) atoms. The van der Waals surface area contributed by atoms with Crippen molar-refractivity contribution in [1.82, 2.24) is 9.97 Å². The van der Waals surface area contributed by atoms with Gasteiger partial charge in [-0.1, -0.05) is 42.5 Å². The molecular weight excluding hydrogens is 398 g/mol. The largest absolute Gasteiger partial charge is 0.487 e. The Morgan fingerprint density at radius 2 is 1.81 bits per heavy atom. The Bertz CT molecular complexity index is 1440. The molecule has 0 aliphatic heterocycles. The Kier molecular flexibility index (Phi) is 5.22. The number of amides is 1. The lowest BCUT2D eigenvalue weighted by atomic mass is 10.1. The predicted molar refractivity (Wildman–Crippen MR) is 127 cm³/mol. The van der Waals surface area contributed by atoms with E-state index in [-0.39, 0.29) is 5.91 Å². The molecule has 2 aromatic heterocycles. The van der Waals surface area contributed by atoms with E-state index in [1.54, 1.807) is 12.3 Å². The maximum Gasteiger partial charge on any atom is 0.255 e. The Morgan fingerprint density at radius 3 is 2.75 bits per heavy atom. The third-order valence-corrected chi connectivity index (χ3v) is 5.30. The Labute approximate surface area is 185 Å². The van der Waals surface area contributed by atoms with Crippen LogP contribution in [0.5, 0.6) is 5.75 Å². The molecule has 3 aromatic carbocycles. The van der Waals surface area contributed by atoms with Gasteiger partial charge in [0.2, 0.25) is 0 Å². The summed E-state index contributed by atoms with van der Waals surface area (Å²) in [6.45, 7) is 2.31. The average Bonchev–Trinajstić information content (AvgIpc) is 2.83. The molecule has 0 aliphatic carbocycles. The molecular formula is C27H21N3O2. The fourth-order valence-electron chi connectivity index (χ4n) is 3.68. The second-order valence-electron chi connectivity index (χ2n) is 7.66. The SMILES string of the molecule is Cc1ccc2cc(NC(=O)c3cccc(COc4cncc5ccccc45)c3)ccc2n1. The van der Waals surface area contributed by atoms with Crippen molar-refractivity contribution in [1.29, 1.82) is 0 Å². The highest BCUT2D eigenvalue weighted by Gasteiger charge is 2.09. The maximum absolute atomic E-state index is 12.8. The van der Waals surface area contributed by atoms with Crippen LogP contribution in [0, 0.1) is 6.92 Å². The standard InChI is InChI=1S/C27H21N3O2/c1-18-9-10-20-14-23(11-12-25(20)29-18)30-27(31)21-7-4-5-19(13-21)17-32-26-16-28-15-22-6-2-3-8-24(22)26/h2-16H,17H2,1H3,(H,30,31). The summed E-state index contributed by atoms with van der Waals surface area (Å²) in [6, 6.07) is 25.1. The number of fused-ring (bicyclic) bond motifs is 2. The monoisotopic (exact) mass is 419 g/mol. The van der Waals surface area contributed by atoms with Crippen LogP contribution in [0.2, 0.25) is 0 Å². The van der Waals surface area contributed by atoms with E-state index in [9.17, 15) is 4.79 Å². The molecule has 0 aliphatic rings. The third-order valence-electron chi connectivity index (χ3n) is 5.30. The lowest BCUT2D eigenvalue weighted by molar-refractivity contribution is 0.102. The second kappa shape index (κ2) is 8.47. The molecule has 1 N–H and O–H groups in total. The summed E-state index contributed by atoms with van der Waals surface area (Å²) in [5.41, 5.74) is 4.09. The number of benzene rings is 3. The molecule has 5 heteroatoms. The van der Waals surface area contributed by atoms with Gasteiger partial charge in [0.1, 0.15) is 12.4 Å². The van der Waals surface area contributed by atoms with Crippen molar-refractivity contribution in [3.63, 3.8) is 0 Å². The first-order chi connectivity index (χ1) is 15.7. The molecule has 1 amide bonds. The number of hydrogen-bond donors (Lipinski definition) is 1. The van der Waals surface area contributed by atoms with E-state index >= 15 is 0 Å².